The molecule has 11 heteroatoms. The molecule has 1 atom stereocenters. The van der Waals surface area contributed by atoms with Gasteiger partial charge < -0.3 is 16.4 Å². The largest absolute Gasteiger partial charge is 0.383 e. The van der Waals surface area contributed by atoms with Crippen molar-refractivity contribution < 1.29 is 4.79 Å². The highest BCUT2D eigenvalue weighted by atomic mass is 35.5. The lowest BCUT2D eigenvalue weighted by Gasteiger charge is -2.38. The van der Waals surface area contributed by atoms with Gasteiger partial charge in [-0.05, 0) is 48.4 Å². The van der Waals surface area contributed by atoms with E-state index in [0.717, 1.165) is 12.0 Å². The van der Waals surface area contributed by atoms with Crippen LogP contribution in [0.5, 0.6) is 0 Å². The van der Waals surface area contributed by atoms with Crippen molar-refractivity contribution in [3.63, 3.8) is 0 Å². The number of nitrogens with one attached hydrogen (secondary N) is 2. The van der Waals surface area contributed by atoms with Crippen LogP contribution in [0.15, 0.2) is 48.8 Å². The predicted molar refractivity (Wildman–Crippen MR) is 157 cm³/mol. The maximum Gasteiger partial charge on any atom is 0.245 e. The van der Waals surface area contributed by atoms with E-state index in [1.54, 1.807) is 23.0 Å². The maximum atomic E-state index is 12.3. The first-order chi connectivity index (χ1) is 19.6. The highest BCUT2D eigenvalue weighted by molar-refractivity contribution is 6.31. The highest BCUT2D eigenvalue weighted by Crippen LogP contribution is 2.40. The zero-order valence-electron chi connectivity index (χ0n) is 23.1. The molecule has 10 nitrogen and oxygen atoms in total. The van der Waals surface area contributed by atoms with Gasteiger partial charge in [-0.15, -0.1) is 5.10 Å². The Morgan fingerprint density at radius 3 is 2.54 bits per heavy atom. The maximum absolute atomic E-state index is 12.3. The van der Waals surface area contributed by atoms with Crippen LogP contribution in [-0.4, -0.2) is 32.4 Å². The minimum Gasteiger partial charge on any atom is -0.383 e. The number of hydrogen-bond acceptors (Lipinski definition) is 8. The molecule has 1 fully saturated rings. The van der Waals surface area contributed by atoms with E-state index in [4.69, 9.17) is 17.3 Å². The van der Waals surface area contributed by atoms with Crippen LogP contribution in [0.1, 0.15) is 68.5 Å². The minimum atomic E-state index is -0.889. The number of nitrogens with two attached hydrogens (primary N) is 1. The van der Waals surface area contributed by atoms with Gasteiger partial charge in [0.25, 0.3) is 0 Å². The smallest absolute Gasteiger partial charge is 0.245 e. The van der Waals surface area contributed by atoms with Crippen LogP contribution in [0.2, 0.25) is 5.02 Å². The van der Waals surface area contributed by atoms with E-state index >= 15 is 0 Å². The summed E-state index contributed by atoms with van der Waals surface area (Å²) in [6.45, 7) is 6.89. The number of carbonyl (C=O) groups is 1. The number of amides is 1. The normalized spacial score (nSPS) is 14.9. The van der Waals surface area contributed by atoms with Crippen LogP contribution in [-0.2, 0) is 10.3 Å². The number of nitriles is 2. The summed E-state index contributed by atoms with van der Waals surface area (Å²) < 4.78 is 1.55. The number of halogens is 1. The summed E-state index contributed by atoms with van der Waals surface area (Å²) in [4.78, 5) is 16.8. The van der Waals surface area contributed by atoms with Crippen molar-refractivity contribution in [2.24, 2.45) is 11.1 Å². The highest BCUT2D eigenvalue weighted by Gasteiger charge is 2.46. The molecule has 0 aliphatic heterocycles. The molecular weight excluding hydrogens is 538 g/mol. The molecule has 2 aromatic heterocycles. The van der Waals surface area contributed by atoms with E-state index in [-0.39, 0.29) is 5.41 Å². The molecule has 2 heterocycles. The lowest BCUT2D eigenvalue weighted by molar-refractivity contribution is -0.131. The number of primary amides is 1. The van der Waals surface area contributed by atoms with Gasteiger partial charge in [0.1, 0.15) is 23.4 Å². The first kappa shape index (κ1) is 27.9. The Morgan fingerprint density at radius 1 is 1.20 bits per heavy atom. The molecular formula is C30H30ClN9O. The minimum absolute atomic E-state index is 0.0556. The third-order valence-electron chi connectivity index (χ3n) is 7.42. The summed E-state index contributed by atoms with van der Waals surface area (Å²) in [6, 6.07) is 14.8. The van der Waals surface area contributed by atoms with Gasteiger partial charge in [0.2, 0.25) is 5.91 Å². The molecule has 0 spiro atoms. The molecule has 1 saturated carbocycles. The van der Waals surface area contributed by atoms with Crippen LogP contribution in [0, 0.1) is 28.1 Å². The van der Waals surface area contributed by atoms with Gasteiger partial charge in [0, 0.05) is 28.8 Å². The Labute approximate surface area is 243 Å². The molecule has 1 aliphatic carbocycles. The summed E-state index contributed by atoms with van der Waals surface area (Å²) >= 11 is 6.65. The second-order valence-corrected chi connectivity index (χ2v) is 11.9. The molecule has 2 aromatic carbocycles. The van der Waals surface area contributed by atoms with Crippen molar-refractivity contribution >= 4 is 39.8 Å². The summed E-state index contributed by atoms with van der Waals surface area (Å²) in [5, 5.41) is 36.6. The zero-order valence-corrected chi connectivity index (χ0v) is 23.8. The van der Waals surface area contributed by atoms with Crippen molar-refractivity contribution in [2.75, 3.05) is 17.2 Å². The van der Waals surface area contributed by atoms with E-state index in [0.29, 0.717) is 63.5 Å². The molecule has 1 amide bonds. The fourth-order valence-corrected chi connectivity index (χ4v) is 5.25. The monoisotopic (exact) mass is 567 g/mol. The average Bonchev–Trinajstić information content (AvgIpc) is 3.38. The Morgan fingerprint density at radius 2 is 1.93 bits per heavy atom. The van der Waals surface area contributed by atoms with Gasteiger partial charge in [-0.3, -0.25) is 9.78 Å². The third-order valence-corrected chi connectivity index (χ3v) is 7.76. The number of rotatable bonds is 8. The molecule has 4 N–H and O–H groups in total. The predicted octanol–water partition coefficient (Wildman–Crippen LogP) is 5.25. The molecule has 1 aliphatic rings. The summed E-state index contributed by atoms with van der Waals surface area (Å²) in [6.07, 6.45) is 5.29. The fraction of sp³-hybridized carbons (Fsp3) is 0.333. The van der Waals surface area contributed by atoms with Crippen molar-refractivity contribution in [1.82, 2.24) is 20.0 Å². The molecule has 0 unspecified atom stereocenters. The molecule has 0 bridgehead atoms. The van der Waals surface area contributed by atoms with Gasteiger partial charge in [0.15, 0.2) is 0 Å². The number of fused-ring (bicyclic) bond motifs is 1. The Hall–Kier alpha value is -4.67. The molecule has 0 saturated heterocycles. The SMILES string of the molecule is CC(C)(C)CNc1c(C#N)cnc2c(C#N)cc(N[C@H](c3cn(C4(C(N)=O)CCC4)nn3)c3ccccc3Cl)cc12. The van der Waals surface area contributed by atoms with E-state index < -0.39 is 17.5 Å². The van der Waals surface area contributed by atoms with Crippen LogP contribution in [0.3, 0.4) is 0 Å². The van der Waals surface area contributed by atoms with Gasteiger partial charge in [-0.1, -0.05) is 55.8 Å². The van der Waals surface area contributed by atoms with Crippen LogP contribution >= 0.6 is 11.6 Å². The average molecular weight is 568 g/mol. The number of aromatic nitrogens is 4. The van der Waals surface area contributed by atoms with Gasteiger partial charge >= 0.3 is 0 Å². The number of anilines is 2. The Balaban J connectivity index is 1.63. The zero-order chi connectivity index (χ0) is 29.4. The third kappa shape index (κ3) is 5.27. The van der Waals surface area contributed by atoms with Crippen LogP contribution < -0.4 is 16.4 Å². The van der Waals surface area contributed by atoms with Crippen molar-refractivity contribution in [3.05, 3.63) is 76.2 Å². The van der Waals surface area contributed by atoms with Crippen molar-refractivity contribution in [1.29, 1.82) is 10.5 Å². The van der Waals surface area contributed by atoms with Crippen molar-refractivity contribution in [3.8, 4) is 12.1 Å². The van der Waals surface area contributed by atoms with E-state index in [9.17, 15) is 15.3 Å². The number of benzene rings is 2. The van der Waals surface area contributed by atoms with Crippen LogP contribution in [0.25, 0.3) is 10.9 Å². The quantitative estimate of drug-likeness (QED) is 0.260. The lowest BCUT2D eigenvalue weighted by atomic mass is 9.76. The molecule has 208 valence electrons. The Bertz CT molecular complexity index is 1720. The number of nitrogens with zero attached hydrogens (tertiary/aromatic N) is 6. The molecule has 0 radical (unpaired) electrons. The van der Waals surface area contributed by atoms with Crippen molar-refractivity contribution in [2.45, 2.75) is 51.6 Å². The molecule has 4 aromatic rings. The van der Waals surface area contributed by atoms with E-state index in [2.05, 4.69) is 58.8 Å². The second-order valence-electron chi connectivity index (χ2n) is 11.5. The van der Waals surface area contributed by atoms with Gasteiger partial charge in [-0.2, -0.15) is 10.5 Å². The number of carbonyl (C=O) groups excluding carboxylic acids is 1. The second kappa shape index (κ2) is 10.7. The topological polar surface area (TPSA) is 158 Å². The number of pyridine rings is 1. The fourth-order valence-electron chi connectivity index (χ4n) is 5.01. The summed E-state index contributed by atoms with van der Waals surface area (Å²) in [7, 11) is 0. The lowest BCUT2D eigenvalue weighted by Crippen LogP contribution is -2.51. The van der Waals surface area contributed by atoms with Gasteiger partial charge in [0.05, 0.1) is 34.6 Å². The molecule has 41 heavy (non-hydrogen) atoms. The summed E-state index contributed by atoms with van der Waals surface area (Å²) in [5.74, 6) is -0.438. The summed E-state index contributed by atoms with van der Waals surface area (Å²) in [5.41, 5.74) is 8.49. The van der Waals surface area contributed by atoms with E-state index in [1.165, 1.54) is 6.20 Å². The molecule has 5 rings (SSSR count). The standard InChI is InChI=1S/C30H30ClN9O/c1-29(2,3)17-36-26-19(14-33)15-35-25-18(13-32)11-20(12-22(25)26)37-27(21-7-4-5-8-23(21)31)24-16-40(39-38-24)30(28(34)41)9-6-10-30/h4-5,7-8,11-12,15-16,27,37H,6,9-10,17H2,1-3H3,(H2,34,41)(H,35,36)/t27-/m0/s1. The first-order valence-corrected chi connectivity index (χ1v) is 13.7. The van der Waals surface area contributed by atoms with E-state index in [1.807, 2.05) is 24.3 Å². The van der Waals surface area contributed by atoms with Gasteiger partial charge in [-0.25, -0.2) is 4.68 Å². The first-order valence-electron chi connectivity index (χ1n) is 13.3. The number of hydrogen-bond donors (Lipinski definition) is 3. The Kier molecular flexibility index (Phi) is 7.29. The van der Waals surface area contributed by atoms with Crippen LogP contribution in [0.4, 0.5) is 11.4 Å².